The van der Waals surface area contributed by atoms with Crippen molar-refractivity contribution in [2.45, 2.75) is 77.4 Å². The first-order valence-electron chi connectivity index (χ1n) is 11.8. The van der Waals surface area contributed by atoms with Crippen LogP contribution in [0.15, 0.2) is 42.5 Å². The number of para-hydroxylation sites is 1. The van der Waals surface area contributed by atoms with E-state index >= 15 is 0 Å². The van der Waals surface area contributed by atoms with Crippen LogP contribution in [-0.4, -0.2) is 35.4 Å². The Balaban J connectivity index is 1.78. The van der Waals surface area contributed by atoms with Gasteiger partial charge in [0.1, 0.15) is 11.8 Å². The van der Waals surface area contributed by atoms with Crippen molar-refractivity contribution in [3.05, 3.63) is 63.6 Å². The fourth-order valence-electron chi connectivity index (χ4n) is 4.24. The topological polar surface area (TPSA) is 58.6 Å². The van der Waals surface area contributed by atoms with Gasteiger partial charge >= 0.3 is 0 Å². The second-order valence-electron chi connectivity index (χ2n) is 9.97. The maximum atomic E-state index is 13.4. The number of rotatable bonds is 8. The molecule has 2 amide bonds. The summed E-state index contributed by atoms with van der Waals surface area (Å²) in [5.41, 5.74) is 1.68. The minimum Gasteiger partial charge on any atom is -0.483 e. The number of ether oxygens (including phenoxy) is 1. The average Bonchev–Trinajstić information content (AvgIpc) is 3.30. The molecular weight excluding hydrogens is 471 g/mol. The van der Waals surface area contributed by atoms with E-state index in [1.807, 2.05) is 30.3 Å². The zero-order valence-corrected chi connectivity index (χ0v) is 21.9. The molecule has 3 rings (SSSR count). The van der Waals surface area contributed by atoms with E-state index < -0.39 is 6.04 Å². The molecule has 0 aliphatic heterocycles. The van der Waals surface area contributed by atoms with E-state index in [2.05, 4.69) is 26.1 Å². The van der Waals surface area contributed by atoms with Crippen LogP contribution in [0.5, 0.6) is 5.75 Å². The highest BCUT2D eigenvalue weighted by molar-refractivity contribution is 6.42. The predicted octanol–water partition coefficient (Wildman–Crippen LogP) is 6.15. The molecule has 1 aliphatic carbocycles. The molecule has 1 unspecified atom stereocenters. The number of hydrogen-bond donors (Lipinski definition) is 1. The second-order valence-corrected chi connectivity index (χ2v) is 10.8. The quantitative estimate of drug-likeness (QED) is 0.469. The zero-order chi connectivity index (χ0) is 24.9. The molecule has 1 saturated carbocycles. The van der Waals surface area contributed by atoms with Crippen LogP contribution in [0.2, 0.25) is 10.0 Å². The molecule has 0 spiro atoms. The van der Waals surface area contributed by atoms with Crippen LogP contribution >= 0.6 is 23.2 Å². The number of halogens is 2. The van der Waals surface area contributed by atoms with Gasteiger partial charge in [-0.15, -0.1) is 0 Å². The maximum absolute atomic E-state index is 13.4. The summed E-state index contributed by atoms with van der Waals surface area (Å²) >= 11 is 12.3. The number of carbonyl (C=O) groups is 2. The molecule has 1 aliphatic rings. The summed E-state index contributed by atoms with van der Waals surface area (Å²) < 4.78 is 5.98. The van der Waals surface area contributed by atoms with Crippen molar-refractivity contribution < 1.29 is 14.3 Å². The van der Waals surface area contributed by atoms with Gasteiger partial charge in [0, 0.05) is 12.6 Å². The molecule has 7 heteroatoms. The van der Waals surface area contributed by atoms with E-state index in [0.717, 1.165) is 36.8 Å². The first-order chi connectivity index (χ1) is 16.1. The van der Waals surface area contributed by atoms with Crippen LogP contribution in [0.4, 0.5) is 0 Å². The van der Waals surface area contributed by atoms with Crippen molar-refractivity contribution in [2.75, 3.05) is 6.61 Å². The summed E-state index contributed by atoms with van der Waals surface area (Å²) in [6.07, 6.45) is 4.19. The Hall–Kier alpha value is -2.24. The van der Waals surface area contributed by atoms with Gasteiger partial charge in [-0.1, -0.05) is 81.1 Å². The van der Waals surface area contributed by atoms with E-state index in [-0.39, 0.29) is 36.4 Å². The van der Waals surface area contributed by atoms with Crippen LogP contribution in [0.25, 0.3) is 0 Å². The van der Waals surface area contributed by atoms with E-state index in [9.17, 15) is 9.59 Å². The second kappa shape index (κ2) is 11.5. The zero-order valence-electron chi connectivity index (χ0n) is 20.4. The van der Waals surface area contributed by atoms with Gasteiger partial charge < -0.3 is 15.0 Å². The number of amides is 2. The van der Waals surface area contributed by atoms with Gasteiger partial charge in [-0.25, -0.2) is 0 Å². The van der Waals surface area contributed by atoms with Gasteiger partial charge in [-0.2, -0.15) is 0 Å². The first kappa shape index (κ1) is 26.4. The van der Waals surface area contributed by atoms with Gasteiger partial charge in [0.25, 0.3) is 5.91 Å². The summed E-state index contributed by atoms with van der Waals surface area (Å²) in [6.45, 7) is 8.10. The van der Waals surface area contributed by atoms with E-state index in [1.165, 1.54) is 0 Å². The Morgan fingerprint density at radius 3 is 2.41 bits per heavy atom. The Morgan fingerprint density at radius 2 is 1.76 bits per heavy atom. The molecule has 2 aromatic rings. The van der Waals surface area contributed by atoms with Crippen LogP contribution in [-0.2, 0) is 21.5 Å². The predicted molar refractivity (Wildman–Crippen MR) is 138 cm³/mol. The fourth-order valence-corrected chi connectivity index (χ4v) is 4.56. The molecule has 5 nitrogen and oxygen atoms in total. The summed E-state index contributed by atoms with van der Waals surface area (Å²) in [7, 11) is 0. The lowest BCUT2D eigenvalue weighted by Gasteiger charge is -2.30. The molecule has 34 heavy (non-hydrogen) atoms. The summed E-state index contributed by atoms with van der Waals surface area (Å²) in [6, 6.07) is 12.5. The lowest BCUT2D eigenvalue weighted by atomic mass is 9.86. The lowest BCUT2D eigenvalue weighted by Crippen LogP contribution is -2.50. The van der Waals surface area contributed by atoms with Gasteiger partial charge in [0.05, 0.1) is 10.0 Å². The van der Waals surface area contributed by atoms with E-state index in [0.29, 0.717) is 15.8 Å². The number of benzene rings is 2. The molecule has 2 aromatic carbocycles. The highest BCUT2D eigenvalue weighted by Gasteiger charge is 2.29. The SMILES string of the molecule is CC(C(=O)NC1CCCC1)N(Cc1ccc(Cl)c(Cl)c1)C(=O)COc1ccccc1C(C)(C)C. The highest BCUT2D eigenvalue weighted by Crippen LogP contribution is 2.31. The maximum Gasteiger partial charge on any atom is 0.261 e. The smallest absolute Gasteiger partial charge is 0.261 e. The van der Waals surface area contributed by atoms with Crippen LogP contribution in [0, 0.1) is 0 Å². The molecule has 0 saturated heterocycles. The summed E-state index contributed by atoms with van der Waals surface area (Å²) in [5, 5.41) is 3.95. The van der Waals surface area contributed by atoms with Crippen molar-refractivity contribution in [3.8, 4) is 5.75 Å². The van der Waals surface area contributed by atoms with E-state index in [4.69, 9.17) is 27.9 Å². The Morgan fingerprint density at radius 1 is 1.09 bits per heavy atom. The number of hydrogen-bond acceptors (Lipinski definition) is 3. The minimum atomic E-state index is -0.663. The molecule has 0 bridgehead atoms. The summed E-state index contributed by atoms with van der Waals surface area (Å²) in [5.74, 6) is 0.236. The summed E-state index contributed by atoms with van der Waals surface area (Å²) in [4.78, 5) is 27.9. The van der Waals surface area contributed by atoms with Crippen LogP contribution < -0.4 is 10.1 Å². The number of nitrogens with one attached hydrogen (secondary N) is 1. The third-order valence-electron chi connectivity index (χ3n) is 6.25. The molecule has 0 radical (unpaired) electrons. The lowest BCUT2D eigenvalue weighted by molar-refractivity contribution is -0.142. The first-order valence-corrected chi connectivity index (χ1v) is 12.6. The van der Waals surface area contributed by atoms with Crippen molar-refractivity contribution in [1.82, 2.24) is 10.2 Å². The Kier molecular flexibility index (Phi) is 8.89. The molecule has 1 atom stereocenters. The Bertz CT molecular complexity index is 1010. The van der Waals surface area contributed by atoms with Gasteiger partial charge in [-0.3, -0.25) is 9.59 Å². The minimum absolute atomic E-state index is 0.131. The average molecular weight is 505 g/mol. The number of carbonyl (C=O) groups excluding carboxylic acids is 2. The third kappa shape index (κ3) is 6.89. The Labute approximate surface area is 212 Å². The molecule has 0 aromatic heterocycles. The normalized spacial score (nSPS) is 15.1. The van der Waals surface area contributed by atoms with Crippen LogP contribution in [0.1, 0.15) is 64.5 Å². The standard InChI is InChI=1S/C27H34Cl2N2O3/c1-18(26(33)30-20-9-5-6-10-20)31(16-19-13-14-22(28)23(29)15-19)25(32)17-34-24-12-8-7-11-21(24)27(2,3)4/h7-8,11-15,18,20H,5-6,9-10,16-17H2,1-4H3,(H,30,33). The highest BCUT2D eigenvalue weighted by atomic mass is 35.5. The number of nitrogens with zero attached hydrogens (tertiary/aromatic N) is 1. The molecule has 1 N–H and O–H groups in total. The van der Waals surface area contributed by atoms with Gasteiger partial charge in [0.15, 0.2) is 6.61 Å². The fraction of sp³-hybridized carbons (Fsp3) is 0.481. The molecule has 1 fully saturated rings. The van der Waals surface area contributed by atoms with Crippen LogP contribution in [0.3, 0.4) is 0 Å². The monoisotopic (exact) mass is 504 g/mol. The largest absolute Gasteiger partial charge is 0.483 e. The van der Waals surface area contributed by atoms with Crippen molar-refractivity contribution in [1.29, 1.82) is 0 Å². The van der Waals surface area contributed by atoms with Crippen molar-refractivity contribution >= 4 is 35.0 Å². The molecule has 184 valence electrons. The van der Waals surface area contributed by atoms with Gasteiger partial charge in [-0.05, 0) is 54.5 Å². The third-order valence-corrected chi connectivity index (χ3v) is 6.99. The molecule has 0 heterocycles. The molecular formula is C27H34Cl2N2O3. The van der Waals surface area contributed by atoms with Crippen molar-refractivity contribution in [2.24, 2.45) is 0 Å². The van der Waals surface area contributed by atoms with Gasteiger partial charge in [0.2, 0.25) is 5.91 Å². The van der Waals surface area contributed by atoms with Crippen molar-refractivity contribution in [3.63, 3.8) is 0 Å². The van der Waals surface area contributed by atoms with E-state index in [1.54, 1.807) is 24.0 Å².